The molecule has 2 aromatic carbocycles. The highest BCUT2D eigenvalue weighted by Gasteiger charge is 2.30. The molecule has 1 amide bonds. The first-order valence-corrected chi connectivity index (χ1v) is 12.4. The van der Waals surface area contributed by atoms with Gasteiger partial charge in [-0.05, 0) is 58.8 Å². The number of aliphatic imine (C=N–C) groups is 1. The van der Waals surface area contributed by atoms with E-state index in [4.69, 9.17) is 34.7 Å². The lowest BCUT2D eigenvalue weighted by Gasteiger charge is -2.16. The van der Waals surface area contributed by atoms with E-state index in [-0.39, 0.29) is 47.0 Å². The molecule has 0 spiro atoms. The molecule has 0 bridgehead atoms. The average Bonchev–Trinajstić information content (AvgIpc) is 2.83. The van der Waals surface area contributed by atoms with E-state index in [2.05, 4.69) is 48.2 Å². The van der Waals surface area contributed by atoms with Gasteiger partial charge in [0.05, 0.1) is 0 Å². The summed E-state index contributed by atoms with van der Waals surface area (Å²) >= 11 is 14.1. The number of amides is 1. The molecule has 0 fully saturated rings. The van der Waals surface area contributed by atoms with Crippen LogP contribution in [0.4, 0.5) is 20.4 Å². The monoisotopic (exact) mass is 647 g/mol. The number of carbonyl (C=O) groups is 1. The zero-order chi connectivity index (χ0) is 26.3. The van der Waals surface area contributed by atoms with Crippen molar-refractivity contribution in [1.29, 1.82) is 0 Å². The molecule has 3 aromatic rings. The molecule has 0 aliphatic rings. The summed E-state index contributed by atoms with van der Waals surface area (Å²) in [5, 5.41) is 5.65. The molecule has 8 nitrogen and oxygen atoms in total. The lowest BCUT2D eigenvalue weighted by Crippen LogP contribution is -2.38. The van der Waals surface area contributed by atoms with Crippen molar-refractivity contribution in [3.05, 3.63) is 79.1 Å². The van der Waals surface area contributed by atoms with Crippen LogP contribution in [0.2, 0.25) is 10.2 Å². The zero-order valence-corrected chi connectivity index (χ0v) is 22.4. The first kappa shape index (κ1) is 27.8. The summed E-state index contributed by atoms with van der Waals surface area (Å²) in [4.78, 5) is 24.5. The van der Waals surface area contributed by atoms with Crippen LogP contribution in [0.15, 0.2) is 53.5 Å². The minimum absolute atomic E-state index is 0.0287. The minimum Gasteiger partial charge on any atom is -0.382 e. The van der Waals surface area contributed by atoms with Crippen LogP contribution < -0.4 is 22.1 Å². The maximum atomic E-state index is 14.3. The van der Waals surface area contributed by atoms with Crippen LogP contribution in [0.1, 0.15) is 34.5 Å². The molecule has 0 atom stereocenters. The Kier molecular flexibility index (Phi) is 9.63. The molecule has 36 heavy (non-hydrogen) atoms. The van der Waals surface area contributed by atoms with E-state index >= 15 is 0 Å². The number of alkyl halides is 2. The number of hydrogen-bond acceptors (Lipinski definition) is 6. The number of rotatable bonds is 9. The topological polar surface area (TPSA) is 131 Å². The van der Waals surface area contributed by atoms with E-state index in [0.717, 1.165) is 9.13 Å². The standard InChI is InChI=1S/C23H22Cl2F2IN7O/c24-15-6-4-14(5-7-15)23(26,27)10-1-11-31-22(30)35-21(36)17-19(29)34-20(18(25)33-17)32-12-13-2-8-16(28)9-3-13/h2-9H,1,10-12H2,(H3,29,32,34)(H3,30,31,35,36). The van der Waals surface area contributed by atoms with Crippen LogP contribution in [0.3, 0.4) is 0 Å². The lowest BCUT2D eigenvalue weighted by atomic mass is 10.0. The summed E-state index contributed by atoms with van der Waals surface area (Å²) in [6.07, 6.45) is -0.426. The summed E-state index contributed by atoms with van der Waals surface area (Å²) in [5.74, 6) is -4.05. The smallest absolute Gasteiger partial charge is 0.280 e. The summed E-state index contributed by atoms with van der Waals surface area (Å²) in [6, 6.07) is 13.2. The molecule has 6 N–H and O–H groups in total. The third kappa shape index (κ3) is 7.87. The van der Waals surface area contributed by atoms with Gasteiger partial charge in [0.2, 0.25) is 0 Å². The maximum Gasteiger partial charge on any atom is 0.280 e. The molecule has 0 unspecified atom stereocenters. The van der Waals surface area contributed by atoms with Crippen molar-refractivity contribution in [2.24, 2.45) is 10.7 Å². The molecule has 1 aromatic heterocycles. The van der Waals surface area contributed by atoms with Gasteiger partial charge >= 0.3 is 0 Å². The Morgan fingerprint density at radius 1 is 1.08 bits per heavy atom. The predicted molar refractivity (Wildman–Crippen MR) is 146 cm³/mol. The number of carbonyl (C=O) groups excluding carboxylic acids is 1. The van der Waals surface area contributed by atoms with Crippen molar-refractivity contribution in [1.82, 2.24) is 15.3 Å². The molecule has 3 rings (SSSR count). The third-order valence-electron chi connectivity index (χ3n) is 4.91. The van der Waals surface area contributed by atoms with Crippen molar-refractivity contribution < 1.29 is 13.6 Å². The number of halogens is 5. The van der Waals surface area contributed by atoms with E-state index in [1.54, 1.807) is 0 Å². The number of nitrogens with zero attached hydrogens (tertiary/aromatic N) is 3. The van der Waals surface area contributed by atoms with Gasteiger partial charge < -0.3 is 16.8 Å². The molecule has 1 heterocycles. The fourth-order valence-electron chi connectivity index (χ4n) is 3.05. The van der Waals surface area contributed by atoms with Gasteiger partial charge in [-0.3, -0.25) is 15.1 Å². The normalized spacial score (nSPS) is 11.9. The summed E-state index contributed by atoms with van der Waals surface area (Å²) in [6.45, 7) is 0.394. The lowest BCUT2D eigenvalue weighted by molar-refractivity contribution is -0.0146. The highest BCUT2D eigenvalue weighted by molar-refractivity contribution is 14.1. The number of nitrogens with two attached hydrogens (primary N) is 2. The Balaban J connectivity index is 1.53. The van der Waals surface area contributed by atoms with Crippen LogP contribution in [0, 0.1) is 3.57 Å². The van der Waals surface area contributed by atoms with Gasteiger partial charge in [0.25, 0.3) is 11.8 Å². The van der Waals surface area contributed by atoms with Crippen molar-refractivity contribution in [2.75, 3.05) is 17.6 Å². The quantitative estimate of drug-likeness (QED) is 0.109. The van der Waals surface area contributed by atoms with Crippen molar-refractivity contribution in [3.63, 3.8) is 0 Å². The minimum atomic E-state index is -3.05. The molecule has 0 aliphatic carbocycles. The number of guanidine groups is 1. The largest absolute Gasteiger partial charge is 0.382 e. The number of nitrogens with one attached hydrogen (secondary N) is 2. The second-order valence-electron chi connectivity index (χ2n) is 7.61. The number of hydrogen-bond donors (Lipinski definition) is 4. The van der Waals surface area contributed by atoms with E-state index in [0.29, 0.717) is 11.6 Å². The van der Waals surface area contributed by atoms with Gasteiger partial charge in [0.15, 0.2) is 28.4 Å². The van der Waals surface area contributed by atoms with Crippen molar-refractivity contribution >= 4 is 69.3 Å². The molecule has 0 aliphatic heterocycles. The second-order valence-corrected chi connectivity index (χ2v) is 9.65. The average molecular weight is 648 g/mol. The summed E-state index contributed by atoms with van der Waals surface area (Å²) in [5.41, 5.74) is 12.2. The Bertz CT molecular complexity index is 1240. The first-order valence-electron chi connectivity index (χ1n) is 10.6. The van der Waals surface area contributed by atoms with Gasteiger partial charge in [-0.1, -0.05) is 47.5 Å². The van der Waals surface area contributed by atoms with Gasteiger partial charge in [0.1, 0.15) is 0 Å². The van der Waals surface area contributed by atoms with Gasteiger partial charge in [-0.25, -0.2) is 18.7 Å². The van der Waals surface area contributed by atoms with E-state index < -0.39 is 18.3 Å². The van der Waals surface area contributed by atoms with Gasteiger partial charge in [0, 0.05) is 33.7 Å². The molecule has 190 valence electrons. The number of nitrogen functional groups attached to an aromatic ring is 1. The molecule has 0 saturated heterocycles. The van der Waals surface area contributed by atoms with E-state index in [1.165, 1.54) is 24.3 Å². The predicted octanol–water partition coefficient (Wildman–Crippen LogP) is 5.20. The Morgan fingerprint density at radius 2 is 1.75 bits per heavy atom. The van der Waals surface area contributed by atoms with Crippen molar-refractivity contribution in [2.45, 2.75) is 25.3 Å². The molecule has 0 saturated carbocycles. The Hall–Kier alpha value is -2.77. The Morgan fingerprint density at radius 3 is 2.42 bits per heavy atom. The summed E-state index contributed by atoms with van der Waals surface area (Å²) < 4.78 is 29.7. The Labute approximate surface area is 230 Å². The zero-order valence-electron chi connectivity index (χ0n) is 18.7. The maximum absolute atomic E-state index is 14.3. The molecular formula is C23H22Cl2F2IN7O. The van der Waals surface area contributed by atoms with Crippen LogP contribution in [-0.4, -0.2) is 28.4 Å². The van der Waals surface area contributed by atoms with Crippen molar-refractivity contribution in [3.8, 4) is 0 Å². The summed E-state index contributed by atoms with van der Waals surface area (Å²) in [7, 11) is 0. The van der Waals surface area contributed by atoms with Crippen LogP contribution in [0.5, 0.6) is 0 Å². The van der Waals surface area contributed by atoms with E-state index in [9.17, 15) is 13.6 Å². The van der Waals surface area contributed by atoms with E-state index in [1.807, 2.05) is 24.3 Å². The van der Waals surface area contributed by atoms with Gasteiger partial charge in [-0.15, -0.1) is 0 Å². The molecule has 0 radical (unpaired) electrons. The second kappa shape index (κ2) is 12.5. The first-order chi connectivity index (χ1) is 17.0. The molecular weight excluding hydrogens is 626 g/mol. The number of benzene rings is 2. The highest BCUT2D eigenvalue weighted by Crippen LogP contribution is 2.33. The third-order valence-corrected chi connectivity index (χ3v) is 6.14. The van der Waals surface area contributed by atoms with Crippen LogP contribution >= 0.6 is 45.8 Å². The van der Waals surface area contributed by atoms with Crippen LogP contribution in [-0.2, 0) is 12.5 Å². The number of aromatic nitrogens is 2. The SMILES string of the molecule is NC(=NCCCC(F)(F)c1ccc(Cl)cc1)NC(=O)c1nc(Cl)c(NCc2ccc(I)cc2)nc1N. The van der Waals surface area contributed by atoms with Crippen LogP contribution in [0.25, 0.3) is 0 Å². The fraction of sp³-hybridized carbons (Fsp3) is 0.217. The van der Waals surface area contributed by atoms with Gasteiger partial charge in [-0.2, -0.15) is 0 Å². The number of anilines is 2. The highest BCUT2D eigenvalue weighted by atomic mass is 127. The molecule has 13 heteroatoms. The fourth-order valence-corrected chi connectivity index (χ4v) is 3.73.